The van der Waals surface area contributed by atoms with Crippen LogP contribution in [0.5, 0.6) is 0 Å². The maximum Gasteiger partial charge on any atom is 0.272 e. The molecule has 7 heteroatoms. The molecule has 152 valence electrons. The van der Waals surface area contributed by atoms with E-state index < -0.39 is 0 Å². The lowest BCUT2D eigenvalue weighted by Crippen LogP contribution is -2.38. The lowest BCUT2D eigenvalue weighted by molar-refractivity contribution is 0.0938. The van der Waals surface area contributed by atoms with Crippen LogP contribution in [-0.2, 0) is 12.8 Å². The minimum absolute atomic E-state index is 0. The summed E-state index contributed by atoms with van der Waals surface area (Å²) in [6, 6.07) is 7.68. The van der Waals surface area contributed by atoms with Gasteiger partial charge in [-0.2, -0.15) is 5.10 Å². The number of carbonyl (C=O) groups is 1. The fourth-order valence-electron chi connectivity index (χ4n) is 4.17. The highest BCUT2D eigenvalue weighted by molar-refractivity contribution is 6.30. The number of carbonyl (C=O) groups excluding carboxylic acids is 1. The van der Waals surface area contributed by atoms with Gasteiger partial charge in [0, 0.05) is 22.8 Å². The smallest absolute Gasteiger partial charge is 0.272 e. The number of hydrogen-bond acceptors (Lipinski definition) is 3. The number of aromatic nitrogens is 2. The summed E-state index contributed by atoms with van der Waals surface area (Å²) in [5, 5.41) is 12.0. The van der Waals surface area contributed by atoms with Crippen LogP contribution in [0, 0.1) is 5.92 Å². The van der Waals surface area contributed by atoms with E-state index in [1.54, 1.807) is 0 Å². The van der Waals surface area contributed by atoms with Crippen molar-refractivity contribution in [3.63, 3.8) is 0 Å². The number of nitrogens with zero attached hydrogens (tertiary/aromatic N) is 2. The van der Waals surface area contributed by atoms with Gasteiger partial charge in [-0.15, -0.1) is 12.4 Å². The molecule has 28 heavy (non-hydrogen) atoms. The Morgan fingerprint density at radius 1 is 1.18 bits per heavy atom. The molecular formula is C21H28Cl2N4O. The van der Waals surface area contributed by atoms with Crippen LogP contribution in [0.3, 0.4) is 0 Å². The fraction of sp³-hybridized carbons (Fsp3) is 0.524. The standard InChI is InChI=1S/C21H27ClN4O.ClH/c22-16-8-10-17(11-9-16)26-19-7-3-1-2-6-18(19)20(25-26)21(27)24-14-15-5-4-12-23-13-15;/h8-11,15,23H,1-7,12-14H2,(H,24,27);1H. The Kier molecular flexibility index (Phi) is 7.38. The van der Waals surface area contributed by atoms with Gasteiger partial charge in [0.2, 0.25) is 0 Å². The molecule has 1 atom stereocenters. The lowest BCUT2D eigenvalue weighted by atomic mass is 9.99. The predicted octanol–water partition coefficient (Wildman–Crippen LogP) is 3.95. The molecule has 0 saturated carbocycles. The highest BCUT2D eigenvalue weighted by Gasteiger charge is 2.25. The maximum atomic E-state index is 12.9. The Morgan fingerprint density at radius 2 is 1.96 bits per heavy atom. The van der Waals surface area contributed by atoms with Crippen molar-refractivity contribution in [3.05, 3.63) is 46.2 Å². The molecule has 2 N–H and O–H groups in total. The van der Waals surface area contributed by atoms with E-state index in [1.807, 2.05) is 28.9 Å². The molecule has 2 heterocycles. The molecule has 4 rings (SSSR count). The molecule has 1 unspecified atom stereocenters. The Morgan fingerprint density at radius 3 is 2.71 bits per heavy atom. The Bertz CT molecular complexity index is 797. The summed E-state index contributed by atoms with van der Waals surface area (Å²) < 4.78 is 1.95. The van der Waals surface area contributed by atoms with Crippen LogP contribution in [0.2, 0.25) is 5.02 Å². The third-order valence-electron chi connectivity index (χ3n) is 5.67. The van der Waals surface area contributed by atoms with Crippen molar-refractivity contribution in [1.29, 1.82) is 0 Å². The molecule has 2 aliphatic rings. The zero-order valence-corrected chi connectivity index (χ0v) is 17.6. The molecule has 0 radical (unpaired) electrons. The third kappa shape index (κ3) is 4.70. The topological polar surface area (TPSA) is 59.0 Å². The molecule has 1 aromatic heterocycles. The largest absolute Gasteiger partial charge is 0.350 e. The van der Waals surface area contributed by atoms with Gasteiger partial charge < -0.3 is 10.6 Å². The SMILES string of the molecule is Cl.O=C(NCC1CCCNC1)c1nn(-c2ccc(Cl)cc2)c2c1CCCCC2. The van der Waals surface area contributed by atoms with Gasteiger partial charge in [-0.25, -0.2) is 4.68 Å². The highest BCUT2D eigenvalue weighted by Crippen LogP contribution is 2.27. The average molecular weight is 423 g/mol. The van der Waals surface area contributed by atoms with Crippen molar-refractivity contribution in [2.75, 3.05) is 19.6 Å². The molecule has 5 nitrogen and oxygen atoms in total. The van der Waals surface area contributed by atoms with Gasteiger partial charge in [-0.1, -0.05) is 18.0 Å². The van der Waals surface area contributed by atoms with Crippen molar-refractivity contribution in [1.82, 2.24) is 20.4 Å². The van der Waals surface area contributed by atoms with Gasteiger partial charge in [-0.05, 0) is 81.8 Å². The molecule has 1 aliphatic heterocycles. The molecule has 1 amide bonds. The van der Waals surface area contributed by atoms with Crippen LogP contribution in [0.25, 0.3) is 5.69 Å². The van der Waals surface area contributed by atoms with E-state index in [4.69, 9.17) is 16.7 Å². The van der Waals surface area contributed by atoms with E-state index in [0.717, 1.165) is 50.0 Å². The third-order valence-corrected chi connectivity index (χ3v) is 5.92. The Hall–Kier alpha value is -1.56. The summed E-state index contributed by atoms with van der Waals surface area (Å²) in [5.74, 6) is 0.478. The summed E-state index contributed by atoms with van der Waals surface area (Å²) in [7, 11) is 0. The van der Waals surface area contributed by atoms with Crippen LogP contribution in [-0.4, -0.2) is 35.3 Å². The van der Waals surface area contributed by atoms with E-state index in [9.17, 15) is 4.79 Å². The number of rotatable bonds is 4. The van der Waals surface area contributed by atoms with E-state index in [-0.39, 0.29) is 18.3 Å². The zero-order chi connectivity index (χ0) is 18.6. The summed E-state index contributed by atoms with van der Waals surface area (Å²) in [4.78, 5) is 12.9. The first-order valence-electron chi connectivity index (χ1n) is 10.1. The van der Waals surface area contributed by atoms with Crippen molar-refractivity contribution >= 4 is 29.9 Å². The number of amides is 1. The minimum Gasteiger partial charge on any atom is -0.350 e. The van der Waals surface area contributed by atoms with E-state index in [1.165, 1.54) is 25.0 Å². The highest BCUT2D eigenvalue weighted by atomic mass is 35.5. The van der Waals surface area contributed by atoms with Crippen LogP contribution < -0.4 is 10.6 Å². The summed E-state index contributed by atoms with van der Waals surface area (Å²) in [5.41, 5.74) is 3.87. The number of piperidine rings is 1. The number of fused-ring (bicyclic) bond motifs is 1. The minimum atomic E-state index is -0.0357. The van der Waals surface area contributed by atoms with E-state index in [0.29, 0.717) is 23.2 Å². The second-order valence-corrected chi connectivity index (χ2v) is 8.08. The molecule has 1 aromatic carbocycles. The summed E-state index contributed by atoms with van der Waals surface area (Å²) in [6.45, 7) is 2.79. The van der Waals surface area contributed by atoms with Gasteiger partial charge in [0.1, 0.15) is 0 Å². The van der Waals surface area contributed by atoms with Gasteiger partial charge >= 0.3 is 0 Å². The van der Waals surface area contributed by atoms with Crippen molar-refractivity contribution in [3.8, 4) is 5.69 Å². The number of benzene rings is 1. The molecule has 2 aromatic rings. The number of nitrogens with one attached hydrogen (secondary N) is 2. The molecule has 0 bridgehead atoms. The van der Waals surface area contributed by atoms with Crippen LogP contribution >= 0.6 is 24.0 Å². The normalized spacial score (nSPS) is 19.2. The lowest BCUT2D eigenvalue weighted by Gasteiger charge is -2.22. The average Bonchev–Trinajstić information content (AvgIpc) is 2.89. The van der Waals surface area contributed by atoms with Crippen LogP contribution in [0.4, 0.5) is 0 Å². The van der Waals surface area contributed by atoms with E-state index >= 15 is 0 Å². The van der Waals surface area contributed by atoms with Crippen LogP contribution in [0.1, 0.15) is 53.8 Å². The monoisotopic (exact) mass is 422 g/mol. The molecule has 0 spiro atoms. The first-order chi connectivity index (χ1) is 13.2. The molecule has 1 saturated heterocycles. The van der Waals surface area contributed by atoms with E-state index in [2.05, 4.69) is 10.6 Å². The quantitative estimate of drug-likeness (QED) is 0.733. The van der Waals surface area contributed by atoms with Gasteiger partial charge in [0.05, 0.1) is 5.69 Å². The molecule has 1 aliphatic carbocycles. The fourth-order valence-corrected chi connectivity index (χ4v) is 4.30. The molecular weight excluding hydrogens is 395 g/mol. The summed E-state index contributed by atoms with van der Waals surface area (Å²) >= 11 is 6.04. The first-order valence-corrected chi connectivity index (χ1v) is 10.5. The number of hydrogen-bond donors (Lipinski definition) is 2. The number of halogens is 2. The molecule has 1 fully saturated rings. The second kappa shape index (κ2) is 9.77. The summed E-state index contributed by atoms with van der Waals surface area (Å²) in [6.07, 6.45) is 7.70. The predicted molar refractivity (Wildman–Crippen MR) is 115 cm³/mol. The van der Waals surface area contributed by atoms with Crippen LogP contribution in [0.15, 0.2) is 24.3 Å². The second-order valence-electron chi connectivity index (χ2n) is 7.65. The van der Waals surface area contributed by atoms with Crippen molar-refractivity contribution in [2.45, 2.75) is 44.9 Å². The van der Waals surface area contributed by atoms with Gasteiger partial charge in [0.25, 0.3) is 5.91 Å². The first kappa shape index (κ1) is 21.2. The Labute approximate surface area is 177 Å². The van der Waals surface area contributed by atoms with Gasteiger partial charge in [0.15, 0.2) is 5.69 Å². The zero-order valence-electron chi connectivity index (χ0n) is 16.0. The van der Waals surface area contributed by atoms with Crippen molar-refractivity contribution in [2.24, 2.45) is 5.92 Å². The van der Waals surface area contributed by atoms with Crippen molar-refractivity contribution < 1.29 is 4.79 Å². The maximum absolute atomic E-state index is 12.9. The Balaban J connectivity index is 0.00000225. The van der Waals surface area contributed by atoms with Gasteiger partial charge in [-0.3, -0.25) is 4.79 Å².